The first kappa shape index (κ1) is 19.7. The van der Waals surface area contributed by atoms with E-state index in [0.717, 1.165) is 38.6 Å². The van der Waals surface area contributed by atoms with Gasteiger partial charge in [0.1, 0.15) is 0 Å². The summed E-state index contributed by atoms with van der Waals surface area (Å²) in [5.41, 5.74) is 2.58. The van der Waals surface area contributed by atoms with E-state index < -0.39 is 0 Å². The minimum Gasteiger partial charge on any atom is -0.364 e. The van der Waals surface area contributed by atoms with Crippen LogP contribution in [0.2, 0.25) is 0 Å². The minimum atomic E-state index is 0.793. The van der Waals surface area contributed by atoms with Crippen LogP contribution in [-0.2, 0) is 6.54 Å². The standard InChI is InChI=1S/C22H35N5/c1-23-22(24-12-9-15-26-13-4-2-3-5-14-26)25-19-20-10-8-11-21(18-20)27-16-6-7-17-27/h6-8,10-11,18H,2-5,9,12-17,19H2,1H3,(H2,23,24,25). The van der Waals surface area contributed by atoms with E-state index in [-0.39, 0.29) is 0 Å². The van der Waals surface area contributed by atoms with Crippen LogP contribution in [0.3, 0.4) is 0 Å². The lowest BCUT2D eigenvalue weighted by atomic mass is 10.2. The lowest BCUT2D eigenvalue weighted by molar-refractivity contribution is 0.282. The van der Waals surface area contributed by atoms with Crippen molar-refractivity contribution in [3.63, 3.8) is 0 Å². The van der Waals surface area contributed by atoms with Gasteiger partial charge in [-0.05, 0) is 56.6 Å². The Morgan fingerprint density at radius 2 is 1.81 bits per heavy atom. The van der Waals surface area contributed by atoms with Crippen LogP contribution in [0.15, 0.2) is 41.4 Å². The Balaban J connectivity index is 1.37. The molecule has 2 heterocycles. The van der Waals surface area contributed by atoms with Crippen molar-refractivity contribution in [3.8, 4) is 0 Å². The number of likely N-dealkylation sites (tertiary alicyclic amines) is 1. The minimum absolute atomic E-state index is 0.793. The van der Waals surface area contributed by atoms with Gasteiger partial charge in [-0.2, -0.15) is 0 Å². The highest BCUT2D eigenvalue weighted by Crippen LogP contribution is 2.18. The van der Waals surface area contributed by atoms with Crippen LogP contribution >= 0.6 is 0 Å². The molecule has 1 aromatic carbocycles. The molecule has 2 N–H and O–H groups in total. The van der Waals surface area contributed by atoms with Gasteiger partial charge in [-0.1, -0.05) is 37.1 Å². The fraction of sp³-hybridized carbons (Fsp3) is 0.591. The fourth-order valence-corrected chi connectivity index (χ4v) is 3.83. The molecular weight excluding hydrogens is 334 g/mol. The molecule has 3 rings (SSSR count). The van der Waals surface area contributed by atoms with Crippen LogP contribution in [0.1, 0.15) is 37.7 Å². The molecule has 148 valence electrons. The summed E-state index contributed by atoms with van der Waals surface area (Å²) in [5, 5.41) is 6.90. The Morgan fingerprint density at radius 3 is 2.56 bits per heavy atom. The molecule has 5 nitrogen and oxygen atoms in total. The molecule has 0 amide bonds. The highest BCUT2D eigenvalue weighted by molar-refractivity contribution is 5.79. The Kier molecular flexibility index (Phi) is 8.03. The third-order valence-corrected chi connectivity index (χ3v) is 5.42. The van der Waals surface area contributed by atoms with Crippen molar-refractivity contribution in [2.24, 2.45) is 4.99 Å². The third kappa shape index (κ3) is 6.58. The molecule has 0 saturated carbocycles. The first-order valence-electron chi connectivity index (χ1n) is 10.5. The van der Waals surface area contributed by atoms with E-state index in [9.17, 15) is 0 Å². The van der Waals surface area contributed by atoms with E-state index >= 15 is 0 Å². The molecule has 2 aliphatic rings. The van der Waals surface area contributed by atoms with Gasteiger partial charge in [0.05, 0.1) is 0 Å². The van der Waals surface area contributed by atoms with Crippen molar-refractivity contribution in [2.75, 3.05) is 51.2 Å². The summed E-state index contributed by atoms with van der Waals surface area (Å²) in [6, 6.07) is 8.77. The number of anilines is 1. The molecule has 27 heavy (non-hydrogen) atoms. The molecule has 0 radical (unpaired) electrons. The summed E-state index contributed by atoms with van der Waals surface area (Å²) >= 11 is 0. The van der Waals surface area contributed by atoms with Gasteiger partial charge >= 0.3 is 0 Å². The quantitative estimate of drug-likeness (QED) is 0.336. The summed E-state index contributed by atoms with van der Waals surface area (Å²) in [7, 11) is 1.84. The summed E-state index contributed by atoms with van der Waals surface area (Å²) in [4.78, 5) is 9.35. The van der Waals surface area contributed by atoms with Crippen LogP contribution in [0.4, 0.5) is 5.69 Å². The van der Waals surface area contributed by atoms with Gasteiger partial charge in [0.15, 0.2) is 5.96 Å². The molecule has 1 fully saturated rings. The molecule has 0 spiro atoms. The van der Waals surface area contributed by atoms with Crippen molar-refractivity contribution in [1.29, 1.82) is 0 Å². The zero-order valence-electron chi connectivity index (χ0n) is 16.8. The Labute approximate surface area is 164 Å². The number of aliphatic imine (C=N–C) groups is 1. The molecule has 2 aliphatic heterocycles. The second-order valence-corrected chi connectivity index (χ2v) is 7.51. The first-order valence-corrected chi connectivity index (χ1v) is 10.5. The number of nitrogens with one attached hydrogen (secondary N) is 2. The van der Waals surface area contributed by atoms with Gasteiger partial charge < -0.3 is 20.4 Å². The first-order chi connectivity index (χ1) is 13.3. The van der Waals surface area contributed by atoms with Crippen LogP contribution in [0.5, 0.6) is 0 Å². The predicted octanol–water partition coefficient (Wildman–Crippen LogP) is 2.99. The average molecular weight is 370 g/mol. The van der Waals surface area contributed by atoms with Crippen molar-refractivity contribution < 1.29 is 0 Å². The molecule has 0 aliphatic carbocycles. The van der Waals surface area contributed by atoms with Gasteiger partial charge in [-0.25, -0.2) is 0 Å². The smallest absolute Gasteiger partial charge is 0.191 e. The SMILES string of the molecule is CN=C(NCCCN1CCCCCC1)NCc1cccc(N2CC=CC2)c1. The van der Waals surface area contributed by atoms with Gasteiger partial charge in [-0.15, -0.1) is 0 Å². The normalized spacial score (nSPS) is 18.6. The van der Waals surface area contributed by atoms with Crippen LogP contribution in [0, 0.1) is 0 Å². The van der Waals surface area contributed by atoms with Crippen molar-refractivity contribution >= 4 is 11.6 Å². The van der Waals surface area contributed by atoms with Gasteiger partial charge in [0.25, 0.3) is 0 Å². The second kappa shape index (κ2) is 11.0. The van der Waals surface area contributed by atoms with Crippen LogP contribution in [0.25, 0.3) is 0 Å². The fourth-order valence-electron chi connectivity index (χ4n) is 3.83. The summed E-state index contributed by atoms with van der Waals surface area (Å²) in [6.45, 7) is 7.52. The van der Waals surface area contributed by atoms with E-state index in [2.05, 4.69) is 61.8 Å². The predicted molar refractivity (Wildman–Crippen MR) is 116 cm³/mol. The molecule has 0 aromatic heterocycles. The molecule has 0 unspecified atom stereocenters. The number of benzene rings is 1. The van der Waals surface area contributed by atoms with Crippen molar-refractivity contribution in [1.82, 2.24) is 15.5 Å². The molecule has 1 aromatic rings. The average Bonchev–Trinajstić information content (AvgIpc) is 3.12. The highest BCUT2D eigenvalue weighted by Gasteiger charge is 2.09. The lowest BCUT2D eigenvalue weighted by Crippen LogP contribution is -2.38. The van der Waals surface area contributed by atoms with Gasteiger partial charge in [-0.3, -0.25) is 4.99 Å². The van der Waals surface area contributed by atoms with Gasteiger partial charge in [0.2, 0.25) is 0 Å². The number of nitrogens with zero attached hydrogens (tertiary/aromatic N) is 3. The molecule has 1 saturated heterocycles. The maximum Gasteiger partial charge on any atom is 0.191 e. The summed E-state index contributed by atoms with van der Waals surface area (Å²) < 4.78 is 0. The van der Waals surface area contributed by atoms with Gasteiger partial charge in [0, 0.05) is 38.9 Å². The topological polar surface area (TPSA) is 42.9 Å². The van der Waals surface area contributed by atoms with Crippen LogP contribution in [-0.4, -0.2) is 57.2 Å². The third-order valence-electron chi connectivity index (χ3n) is 5.42. The largest absolute Gasteiger partial charge is 0.364 e. The number of hydrogen-bond donors (Lipinski definition) is 2. The maximum atomic E-state index is 4.36. The van der Waals surface area contributed by atoms with E-state index in [1.807, 2.05) is 7.05 Å². The highest BCUT2D eigenvalue weighted by atomic mass is 15.2. The number of guanidine groups is 1. The molecule has 0 bridgehead atoms. The molecule has 0 atom stereocenters. The lowest BCUT2D eigenvalue weighted by Gasteiger charge is -2.20. The molecule has 5 heteroatoms. The zero-order valence-corrected chi connectivity index (χ0v) is 16.8. The number of hydrogen-bond acceptors (Lipinski definition) is 3. The van der Waals surface area contributed by atoms with E-state index in [4.69, 9.17) is 0 Å². The van der Waals surface area contributed by atoms with E-state index in [1.54, 1.807) is 0 Å². The van der Waals surface area contributed by atoms with Crippen molar-refractivity contribution in [3.05, 3.63) is 42.0 Å². The van der Waals surface area contributed by atoms with E-state index in [1.165, 1.54) is 56.6 Å². The van der Waals surface area contributed by atoms with Crippen LogP contribution < -0.4 is 15.5 Å². The second-order valence-electron chi connectivity index (χ2n) is 7.51. The Hall–Kier alpha value is -2.01. The Bertz CT molecular complexity index is 609. The zero-order chi connectivity index (χ0) is 18.7. The summed E-state index contributed by atoms with van der Waals surface area (Å²) in [5.74, 6) is 0.888. The Morgan fingerprint density at radius 1 is 1.04 bits per heavy atom. The number of rotatable bonds is 7. The van der Waals surface area contributed by atoms with Crippen molar-refractivity contribution in [2.45, 2.75) is 38.6 Å². The van der Waals surface area contributed by atoms with E-state index in [0.29, 0.717) is 0 Å². The monoisotopic (exact) mass is 369 g/mol. The summed E-state index contributed by atoms with van der Waals surface area (Å²) in [6.07, 6.45) is 11.1. The molecular formula is C22H35N5. The maximum absolute atomic E-state index is 4.36.